The van der Waals surface area contributed by atoms with Crippen LogP contribution in [0.1, 0.15) is 41.4 Å². The molecule has 1 aliphatic rings. The minimum absolute atomic E-state index is 0.112. The lowest BCUT2D eigenvalue weighted by molar-refractivity contribution is 0.101. The first kappa shape index (κ1) is 8.42. The molecule has 0 saturated heterocycles. The molecule has 1 aromatic rings. The molecule has 0 N–H and O–H groups in total. The van der Waals surface area contributed by atoms with Gasteiger partial charge in [0.25, 0.3) is 0 Å². The van der Waals surface area contributed by atoms with E-state index in [1.54, 1.807) is 13.1 Å². The van der Waals surface area contributed by atoms with E-state index in [-0.39, 0.29) is 5.78 Å². The molecule has 0 atom stereocenters. The molecule has 1 aromatic heterocycles. The lowest BCUT2D eigenvalue weighted by atomic mass is 9.94. The maximum absolute atomic E-state index is 11.1. The Labute approximate surface area is 78.0 Å². The summed E-state index contributed by atoms with van der Waals surface area (Å²) in [5, 5.41) is 0. The van der Waals surface area contributed by atoms with Crippen molar-refractivity contribution < 1.29 is 4.79 Å². The number of hydrogen-bond donors (Lipinski definition) is 0. The van der Waals surface area contributed by atoms with Gasteiger partial charge in [0.2, 0.25) is 0 Å². The van der Waals surface area contributed by atoms with Crippen molar-refractivity contribution in [3.63, 3.8) is 0 Å². The van der Waals surface area contributed by atoms with Crippen LogP contribution in [0, 0.1) is 0 Å². The van der Waals surface area contributed by atoms with E-state index < -0.39 is 0 Å². The molecular formula is C11H13NO. The molecule has 0 saturated carbocycles. The lowest BCUT2D eigenvalue weighted by Gasteiger charge is -2.14. The summed E-state index contributed by atoms with van der Waals surface area (Å²) in [6.07, 6.45) is 6.33. The number of pyridine rings is 1. The Hall–Kier alpha value is -1.18. The quantitative estimate of drug-likeness (QED) is 0.612. The first-order valence-electron chi connectivity index (χ1n) is 4.76. The van der Waals surface area contributed by atoms with Gasteiger partial charge in [-0.25, -0.2) is 0 Å². The highest BCUT2D eigenvalue weighted by Gasteiger charge is 2.11. The minimum Gasteiger partial charge on any atom is -0.294 e. The van der Waals surface area contributed by atoms with E-state index in [2.05, 4.69) is 4.98 Å². The Morgan fingerprint density at radius 3 is 2.92 bits per heavy atom. The summed E-state index contributed by atoms with van der Waals surface area (Å²) in [6, 6.07) is 2.00. The fourth-order valence-electron chi connectivity index (χ4n) is 1.78. The van der Waals surface area contributed by atoms with Gasteiger partial charge in [0.1, 0.15) is 0 Å². The summed E-state index contributed by atoms with van der Waals surface area (Å²) in [4.78, 5) is 15.4. The molecule has 0 spiro atoms. The molecule has 0 aromatic carbocycles. The number of fused-ring (bicyclic) bond motifs is 1. The highest BCUT2D eigenvalue weighted by molar-refractivity contribution is 5.93. The zero-order valence-electron chi connectivity index (χ0n) is 7.84. The molecule has 13 heavy (non-hydrogen) atoms. The van der Waals surface area contributed by atoms with E-state index in [0.717, 1.165) is 18.4 Å². The van der Waals surface area contributed by atoms with Crippen molar-refractivity contribution >= 4 is 5.78 Å². The third kappa shape index (κ3) is 1.62. The largest absolute Gasteiger partial charge is 0.294 e. The molecule has 0 fully saturated rings. The highest BCUT2D eigenvalue weighted by atomic mass is 16.1. The summed E-state index contributed by atoms with van der Waals surface area (Å²) in [6.45, 7) is 1.59. The molecule has 1 heterocycles. The molecule has 2 rings (SSSR count). The Morgan fingerprint density at radius 1 is 1.38 bits per heavy atom. The van der Waals surface area contributed by atoms with Crippen LogP contribution < -0.4 is 0 Å². The first-order chi connectivity index (χ1) is 6.27. The molecular weight excluding hydrogens is 162 g/mol. The smallest absolute Gasteiger partial charge is 0.161 e. The maximum Gasteiger partial charge on any atom is 0.161 e. The summed E-state index contributed by atoms with van der Waals surface area (Å²) in [5.41, 5.74) is 3.22. The van der Waals surface area contributed by atoms with Crippen LogP contribution in [0.25, 0.3) is 0 Å². The summed E-state index contributed by atoms with van der Waals surface area (Å²) in [5.74, 6) is 0.112. The van der Waals surface area contributed by atoms with Crippen LogP contribution in [0.3, 0.4) is 0 Å². The molecule has 2 heteroatoms. The van der Waals surface area contributed by atoms with E-state index in [1.165, 1.54) is 24.1 Å². The molecule has 0 unspecified atom stereocenters. The van der Waals surface area contributed by atoms with Crippen molar-refractivity contribution in [2.24, 2.45) is 0 Å². The van der Waals surface area contributed by atoms with Crippen molar-refractivity contribution in [2.75, 3.05) is 0 Å². The second kappa shape index (κ2) is 3.29. The second-order valence-electron chi connectivity index (χ2n) is 3.59. The van der Waals surface area contributed by atoms with E-state index in [0.29, 0.717) is 0 Å². The fraction of sp³-hybridized carbons (Fsp3) is 0.455. The van der Waals surface area contributed by atoms with Gasteiger partial charge in [0.05, 0.1) is 0 Å². The Balaban J connectivity index is 2.40. The summed E-state index contributed by atoms with van der Waals surface area (Å²) in [7, 11) is 0. The maximum atomic E-state index is 11.1. The van der Waals surface area contributed by atoms with Crippen LogP contribution in [-0.2, 0) is 12.8 Å². The third-order valence-corrected chi connectivity index (χ3v) is 2.58. The average molecular weight is 175 g/mol. The fourth-order valence-corrected chi connectivity index (χ4v) is 1.78. The molecule has 1 aliphatic carbocycles. The van der Waals surface area contributed by atoms with Crippen molar-refractivity contribution in [2.45, 2.75) is 32.6 Å². The highest BCUT2D eigenvalue weighted by Crippen LogP contribution is 2.19. The molecule has 0 amide bonds. The van der Waals surface area contributed by atoms with Gasteiger partial charge >= 0.3 is 0 Å². The number of carbonyl (C=O) groups excluding carboxylic acids is 1. The SMILES string of the molecule is CC(=O)c1cnc2c(c1)CCCC2. The Bertz CT molecular complexity index is 344. The monoisotopic (exact) mass is 175 g/mol. The van der Waals surface area contributed by atoms with Gasteiger partial charge in [-0.2, -0.15) is 0 Å². The van der Waals surface area contributed by atoms with E-state index in [4.69, 9.17) is 0 Å². The van der Waals surface area contributed by atoms with Crippen LogP contribution in [0.15, 0.2) is 12.3 Å². The van der Waals surface area contributed by atoms with Crippen molar-refractivity contribution in [1.29, 1.82) is 0 Å². The van der Waals surface area contributed by atoms with Crippen molar-refractivity contribution in [3.8, 4) is 0 Å². The van der Waals surface area contributed by atoms with Gasteiger partial charge in [0.15, 0.2) is 5.78 Å². The molecule has 0 aliphatic heterocycles. The molecule has 0 bridgehead atoms. The van der Waals surface area contributed by atoms with E-state index in [1.807, 2.05) is 6.07 Å². The van der Waals surface area contributed by atoms with Gasteiger partial charge in [-0.1, -0.05) is 0 Å². The van der Waals surface area contributed by atoms with Gasteiger partial charge in [-0.15, -0.1) is 0 Å². The molecule has 2 nitrogen and oxygen atoms in total. The zero-order chi connectivity index (χ0) is 9.26. The zero-order valence-corrected chi connectivity index (χ0v) is 7.84. The van der Waals surface area contributed by atoms with Crippen molar-refractivity contribution in [3.05, 3.63) is 29.1 Å². The average Bonchev–Trinajstić information content (AvgIpc) is 2.17. The number of aromatic nitrogens is 1. The van der Waals surface area contributed by atoms with E-state index >= 15 is 0 Å². The number of carbonyl (C=O) groups is 1. The predicted octanol–water partition coefficient (Wildman–Crippen LogP) is 2.16. The van der Waals surface area contributed by atoms with Gasteiger partial charge < -0.3 is 0 Å². The second-order valence-corrected chi connectivity index (χ2v) is 3.59. The van der Waals surface area contributed by atoms with Gasteiger partial charge in [0, 0.05) is 17.5 Å². The standard InChI is InChI=1S/C11H13NO/c1-8(13)10-6-9-4-2-3-5-11(9)12-7-10/h6-7H,2-5H2,1H3. The predicted molar refractivity (Wildman–Crippen MR) is 50.9 cm³/mol. The van der Waals surface area contributed by atoms with Gasteiger partial charge in [-0.05, 0) is 44.2 Å². The van der Waals surface area contributed by atoms with Crippen LogP contribution in [-0.4, -0.2) is 10.8 Å². The number of Topliss-reactive ketones (excluding diaryl/α,β-unsaturated/α-hetero) is 1. The van der Waals surface area contributed by atoms with Crippen LogP contribution in [0.5, 0.6) is 0 Å². The van der Waals surface area contributed by atoms with Crippen LogP contribution in [0.4, 0.5) is 0 Å². The number of ketones is 1. The number of nitrogens with zero attached hydrogens (tertiary/aromatic N) is 1. The van der Waals surface area contributed by atoms with Crippen LogP contribution >= 0.6 is 0 Å². The molecule has 68 valence electrons. The normalized spacial score (nSPS) is 15.2. The van der Waals surface area contributed by atoms with Gasteiger partial charge in [-0.3, -0.25) is 9.78 Å². The number of rotatable bonds is 1. The topological polar surface area (TPSA) is 30.0 Å². The third-order valence-electron chi connectivity index (χ3n) is 2.58. The minimum atomic E-state index is 0.112. The first-order valence-corrected chi connectivity index (χ1v) is 4.76. The van der Waals surface area contributed by atoms with Crippen molar-refractivity contribution in [1.82, 2.24) is 4.98 Å². The van der Waals surface area contributed by atoms with Crippen LogP contribution in [0.2, 0.25) is 0 Å². The lowest BCUT2D eigenvalue weighted by Crippen LogP contribution is -2.07. The molecule has 0 radical (unpaired) electrons. The Morgan fingerprint density at radius 2 is 2.15 bits per heavy atom. The Kier molecular flexibility index (Phi) is 2.13. The summed E-state index contributed by atoms with van der Waals surface area (Å²) < 4.78 is 0. The van der Waals surface area contributed by atoms with E-state index in [9.17, 15) is 4.79 Å². The summed E-state index contributed by atoms with van der Waals surface area (Å²) >= 11 is 0. The number of aryl methyl sites for hydroxylation is 2. The number of hydrogen-bond acceptors (Lipinski definition) is 2.